The van der Waals surface area contributed by atoms with Crippen LogP contribution in [0.1, 0.15) is 29.0 Å². The Hall–Kier alpha value is -2.86. The van der Waals surface area contributed by atoms with E-state index in [4.69, 9.17) is 27.9 Å². The van der Waals surface area contributed by atoms with Crippen LogP contribution in [0.2, 0.25) is 10.0 Å². The van der Waals surface area contributed by atoms with Crippen molar-refractivity contribution in [1.82, 2.24) is 5.32 Å². The van der Waals surface area contributed by atoms with Crippen molar-refractivity contribution in [2.75, 3.05) is 13.2 Å². The Morgan fingerprint density at radius 1 is 0.939 bits per heavy atom. The van der Waals surface area contributed by atoms with Crippen LogP contribution in [-0.2, 0) is 16.0 Å². The lowest BCUT2D eigenvalue weighted by Crippen LogP contribution is -2.44. The molecule has 1 amide bonds. The molecule has 170 valence electrons. The topological polar surface area (TPSA) is 75.6 Å². The molecular weight excluding hydrogens is 461 g/mol. The molecule has 33 heavy (non-hydrogen) atoms. The van der Waals surface area contributed by atoms with Crippen molar-refractivity contribution in [3.63, 3.8) is 0 Å². The predicted octanol–water partition coefficient (Wildman–Crippen LogP) is 5.39. The predicted molar refractivity (Wildman–Crippen MR) is 129 cm³/mol. The van der Waals surface area contributed by atoms with Crippen LogP contribution < -0.4 is 5.32 Å². The van der Waals surface area contributed by atoms with E-state index in [1.54, 1.807) is 18.2 Å². The lowest BCUT2D eigenvalue weighted by molar-refractivity contribution is -0.121. The van der Waals surface area contributed by atoms with Crippen LogP contribution in [0.5, 0.6) is 0 Å². The molecule has 3 aromatic carbocycles. The maximum atomic E-state index is 12.5. The molecule has 0 unspecified atom stereocenters. The van der Waals surface area contributed by atoms with E-state index in [0.717, 1.165) is 27.8 Å². The molecule has 3 aromatic rings. The number of amides is 1. The highest BCUT2D eigenvalue weighted by atomic mass is 35.5. The van der Waals surface area contributed by atoms with Gasteiger partial charge in [-0.05, 0) is 46.4 Å². The number of Topliss-reactive ketones (excluding diaryl/α,β-unsaturated/α-hetero) is 1. The number of ether oxygens (including phenoxy) is 1. The van der Waals surface area contributed by atoms with Gasteiger partial charge in [-0.25, -0.2) is 4.79 Å². The lowest BCUT2D eigenvalue weighted by Gasteiger charge is -2.18. The first-order chi connectivity index (χ1) is 16.0. The average Bonchev–Trinajstić information content (AvgIpc) is 3.15. The zero-order valence-electron chi connectivity index (χ0n) is 17.8. The summed E-state index contributed by atoms with van der Waals surface area (Å²) in [6.45, 7) is -0.375. The number of benzene rings is 3. The zero-order valence-corrected chi connectivity index (χ0v) is 19.3. The highest BCUT2D eigenvalue weighted by Crippen LogP contribution is 2.44. The van der Waals surface area contributed by atoms with Crippen LogP contribution in [0.3, 0.4) is 0 Å². The van der Waals surface area contributed by atoms with Crippen molar-refractivity contribution in [3.05, 3.63) is 93.5 Å². The smallest absolute Gasteiger partial charge is 0.407 e. The highest BCUT2D eigenvalue weighted by molar-refractivity contribution is 6.42. The van der Waals surface area contributed by atoms with Gasteiger partial charge in [0.1, 0.15) is 12.6 Å². The molecule has 0 radical (unpaired) electrons. The number of alkyl carbamates (subject to hydrolysis) is 1. The first-order valence-electron chi connectivity index (χ1n) is 10.7. The van der Waals surface area contributed by atoms with Gasteiger partial charge in [0.25, 0.3) is 0 Å². The zero-order chi connectivity index (χ0) is 23.4. The van der Waals surface area contributed by atoms with Crippen LogP contribution in [0.15, 0.2) is 66.7 Å². The van der Waals surface area contributed by atoms with Gasteiger partial charge in [0.2, 0.25) is 0 Å². The van der Waals surface area contributed by atoms with Gasteiger partial charge in [-0.1, -0.05) is 77.8 Å². The molecule has 5 nitrogen and oxygen atoms in total. The van der Waals surface area contributed by atoms with Gasteiger partial charge in [-0.2, -0.15) is 0 Å². The minimum Gasteiger partial charge on any atom is -0.449 e. The summed E-state index contributed by atoms with van der Waals surface area (Å²) in [6.07, 6.45) is -0.190. The van der Waals surface area contributed by atoms with E-state index in [1.165, 1.54) is 0 Å². The third-order valence-electron chi connectivity index (χ3n) is 5.85. The highest BCUT2D eigenvalue weighted by Gasteiger charge is 2.29. The molecule has 0 spiro atoms. The van der Waals surface area contributed by atoms with E-state index in [1.807, 2.05) is 36.4 Å². The number of aliphatic hydroxyl groups is 1. The van der Waals surface area contributed by atoms with Gasteiger partial charge >= 0.3 is 6.09 Å². The summed E-state index contributed by atoms with van der Waals surface area (Å²) >= 11 is 11.9. The Balaban J connectivity index is 1.34. The lowest BCUT2D eigenvalue weighted by atomic mass is 9.98. The van der Waals surface area contributed by atoms with Crippen molar-refractivity contribution in [2.45, 2.75) is 24.8 Å². The number of carbonyl (C=O) groups is 2. The van der Waals surface area contributed by atoms with E-state index >= 15 is 0 Å². The van der Waals surface area contributed by atoms with Crippen LogP contribution >= 0.6 is 23.2 Å². The van der Waals surface area contributed by atoms with Crippen LogP contribution in [-0.4, -0.2) is 36.2 Å². The summed E-state index contributed by atoms with van der Waals surface area (Å²) in [5.74, 6) is -0.377. The maximum absolute atomic E-state index is 12.5. The second-order valence-corrected chi connectivity index (χ2v) is 8.73. The molecule has 4 rings (SSSR count). The summed E-state index contributed by atoms with van der Waals surface area (Å²) in [6, 6.07) is 20.2. The Kier molecular flexibility index (Phi) is 7.33. The molecule has 1 atom stereocenters. The number of ketones is 1. The third kappa shape index (κ3) is 5.22. The largest absolute Gasteiger partial charge is 0.449 e. The van der Waals surface area contributed by atoms with Gasteiger partial charge in [0.05, 0.1) is 16.7 Å². The number of fused-ring (bicyclic) bond motifs is 3. The van der Waals surface area contributed by atoms with E-state index in [0.29, 0.717) is 16.5 Å². The number of rotatable bonds is 8. The summed E-state index contributed by atoms with van der Waals surface area (Å²) in [5, 5.41) is 13.0. The molecule has 0 aliphatic heterocycles. The van der Waals surface area contributed by atoms with E-state index in [-0.39, 0.29) is 24.7 Å². The molecule has 2 N–H and O–H groups in total. The van der Waals surface area contributed by atoms with Crippen LogP contribution in [0.25, 0.3) is 11.1 Å². The number of hydrogen-bond acceptors (Lipinski definition) is 4. The summed E-state index contributed by atoms with van der Waals surface area (Å²) in [4.78, 5) is 25.0. The molecule has 0 saturated heterocycles. The summed E-state index contributed by atoms with van der Waals surface area (Å²) in [5.41, 5.74) is 5.31. The molecule has 0 heterocycles. The first-order valence-corrected chi connectivity index (χ1v) is 11.4. The van der Waals surface area contributed by atoms with E-state index < -0.39 is 18.7 Å². The maximum Gasteiger partial charge on any atom is 0.407 e. The molecule has 0 bridgehead atoms. The van der Waals surface area contributed by atoms with Crippen LogP contribution in [0, 0.1) is 0 Å². The second-order valence-electron chi connectivity index (χ2n) is 7.92. The number of hydrogen-bond donors (Lipinski definition) is 2. The SMILES string of the molecule is O=C(N[C@H](CO)C(=O)CCc1ccc(Cl)c(Cl)c1)OCC1c2ccccc2-c2ccccc21. The molecule has 0 saturated carbocycles. The van der Waals surface area contributed by atoms with Gasteiger partial charge < -0.3 is 15.2 Å². The molecule has 1 aliphatic carbocycles. The molecule has 1 aliphatic rings. The average molecular weight is 484 g/mol. The number of nitrogens with one attached hydrogen (secondary N) is 1. The van der Waals surface area contributed by atoms with Crippen molar-refractivity contribution in [2.24, 2.45) is 0 Å². The number of aliphatic hydroxyl groups excluding tert-OH is 1. The standard InChI is InChI=1S/C26H23Cl2NO4/c27-22-11-9-16(13-23(22)28)10-12-25(31)24(14-30)29-26(32)33-15-21-19-7-3-1-5-17(19)18-6-2-4-8-20(18)21/h1-9,11,13,21,24,30H,10,12,14-15H2,(H,29,32)/t24-/m1/s1. The van der Waals surface area contributed by atoms with Gasteiger partial charge in [0, 0.05) is 12.3 Å². The minimum atomic E-state index is -1.04. The Bertz CT molecular complexity index is 1130. The molecular formula is C26H23Cl2NO4. The first kappa shape index (κ1) is 23.3. The summed E-state index contributed by atoms with van der Waals surface area (Å²) in [7, 11) is 0. The van der Waals surface area contributed by atoms with Crippen molar-refractivity contribution >= 4 is 35.1 Å². The number of aryl methyl sites for hydroxylation is 1. The van der Waals surface area contributed by atoms with Crippen molar-refractivity contribution in [1.29, 1.82) is 0 Å². The fourth-order valence-corrected chi connectivity index (χ4v) is 4.47. The fraction of sp³-hybridized carbons (Fsp3) is 0.231. The van der Waals surface area contributed by atoms with E-state index in [2.05, 4.69) is 17.4 Å². The normalized spacial score (nSPS) is 13.2. The Morgan fingerprint density at radius 3 is 2.18 bits per heavy atom. The monoisotopic (exact) mass is 483 g/mol. The van der Waals surface area contributed by atoms with Gasteiger partial charge in [-0.3, -0.25) is 4.79 Å². The fourth-order valence-electron chi connectivity index (χ4n) is 4.15. The number of carbonyl (C=O) groups excluding carboxylic acids is 2. The minimum absolute atomic E-state index is 0.0823. The molecule has 0 fully saturated rings. The van der Waals surface area contributed by atoms with E-state index in [9.17, 15) is 14.7 Å². The van der Waals surface area contributed by atoms with Crippen molar-refractivity contribution < 1.29 is 19.4 Å². The second kappa shape index (κ2) is 10.4. The summed E-state index contributed by atoms with van der Waals surface area (Å²) < 4.78 is 5.47. The third-order valence-corrected chi connectivity index (χ3v) is 6.59. The van der Waals surface area contributed by atoms with Crippen LogP contribution in [0.4, 0.5) is 4.79 Å². The van der Waals surface area contributed by atoms with Gasteiger partial charge in [-0.15, -0.1) is 0 Å². The Labute approximate surface area is 202 Å². The molecule has 0 aromatic heterocycles. The number of halogens is 2. The quantitative estimate of drug-likeness (QED) is 0.449. The Morgan fingerprint density at radius 2 is 1.58 bits per heavy atom. The van der Waals surface area contributed by atoms with Gasteiger partial charge in [0.15, 0.2) is 5.78 Å². The molecule has 7 heteroatoms. The van der Waals surface area contributed by atoms with Crippen molar-refractivity contribution in [3.8, 4) is 11.1 Å².